The average molecular weight is 391 g/mol. The second-order valence-electron chi connectivity index (χ2n) is 4.40. The third-order valence-corrected chi connectivity index (χ3v) is 2.73. The topological polar surface area (TPSA) is 56.7 Å². The fourth-order valence-electron chi connectivity index (χ4n) is 1.73. The van der Waals surface area contributed by atoms with E-state index in [0.29, 0.717) is 13.0 Å². The van der Waals surface area contributed by atoms with Gasteiger partial charge in [-0.25, -0.2) is 0 Å². The summed E-state index contributed by atoms with van der Waals surface area (Å²) in [4.78, 5) is 4.41. The van der Waals surface area contributed by atoms with Crippen LogP contribution >= 0.6 is 24.0 Å². The van der Waals surface area contributed by atoms with Gasteiger partial charge in [-0.2, -0.15) is 0 Å². The van der Waals surface area contributed by atoms with E-state index in [1.807, 2.05) is 37.3 Å². The van der Waals surface area contributed by atoms with Gasteiger partial charge in [0.05, 0.1) is 6.10 Å². The molecule has 114 valence electrons. The van der Waals surface area contributed by atoms with Crippen LogP contribution in [-0.4, -0.2) is 30.7 Å². The van der Waals surface area contributed by atoms with Gasteiger partial charge in [-0.05, 0) is 25.3 Å². The van der Waals surface area contributed by atoms with Gasteiger partial charge in [-0.3, -0.25) is 4.99 Å². The molecule has 0 aliphatic carbocycles. The minimum Gasteiger partial charge on any atom is -0.388 e. The van der Waals surface area contributed by atoms with Gasteiger partial charge in [0.2, 0.25) is 0 Å². The summed E-state index contributed by atoms with van der Waals surface area (Å²) in [5, 5.41) is 16.5. The Morgan fingerprint density at radius 3 is 2.50 bits per heavy atom. The van der Waals surface area contributed by atoms with Crippen molar-refractivity contribution < 1.29 is 5.11 Å². The molecule has 0 saturated heterocycles. The number of benzene rings is 1. The number of aliphatic imine (C=N–C) groups is 1. The third kappa shape index (κ3) is 7.69. The van der Waals surface area contributed by atoms with Gasteiger partial charge in [0, 0.05) is 19.6 Å². The third-order valence-electron chi connectivity index (χ3n) is 2.73. The number of nitrogens with one attached hydrogen (secondary N) is 2. The van der Waals surface area contributed by atoms with E-state index in [-0.39, 0.29) is 24.0 Å². The second-order valence-corrected chi connectivity index (χ2v) is 4.40. The molecule has 0 aliphatic rings. The van der Waals surface area contributed by atoms with Crippen molar-refractivity contribution in [1.82, 2.24) is 10.6 Å². The standard InChI is InChI=1S/C15H25N3O.HI/c1-3-11-17-15(16-4-2)18-12-10-14(19)13-8-6-5-7-9-13;/h5-9,14,19H,3-4,10-12H2,1-2H3,(H2,16,17,18);1H. The minimum atomic E-state index is -0.428. The highest BCUT2D eigenvalue weighted by Crippen LogP contribution is 2.14. The largest absolute Gasteiger partial charge is 0.388 e. The monoisotopic (exact) mass is 391 g/mol. The Balaban J connectivity index is 0.00000361. The zero-order chi connectivity index (χ0) is 13.9. The predicted molar refractivity (Wildman–Crippen MR) is 95.7 cm³/mol. The van der Waals surface area contributed by atoms with Crippen molar-refractivity contribution in [3.05, 3.63) is 35.9 Å². The van der Waals surface area contributed by atoms with Crippen LogP contribution in [0.25, 0.3) is 0 Å². The SMILES string of the molecule is CCCN=C(NCC)NCCC(O)c1ccccc1.I. The lowest BCUT2D eigenvalue weighted by Gasteiger charge is -2.14. The van der Waals surface area contributed by atoms with Crippen LogP contribution in [0.1, 0.15) is 38.4 Å². The zero-order valence-corrected chi connectivity index (χ0v) is 14.6. The van der Waals surface area contributed by atoms with Gasteiger partial charge in [-0.1, -0.05) is 37.3 Å². The van der Waals surface area contributed by atoms with E-state index in [4.69, 9.17) is 0 Å². The van der Waals surface area contributed by atoms with Gasteiger partial charge in [-0.15, -0.1) is 24.0 Å². The molecule has 0 spiro atoms. The molecule has 1 unspecified atom stereocenters. The highest BCUT2D eigenvalue weighted by molar-refractivity contribution is 14.0. The van der Waals surface area contributed by atoms with Crippen LogP contribution in [0.4, 0.5) is 0 Å². The van der Waals surface area contributed by atoms with E-state index in [1.54, 1.807) is 0 Å². The molecule has 0 radical (unpaired) electrons. The van der Waals surface area contributed by atoms with E-state index in [1.165, 1.54) is 0 Å². The maximum Gasteiger partial charge on any atom is 0.191 e. The number of aliphatic hydroxyl groups is 1. The quantitative estimate of drug-likeness (QED) is 0.381. The molecule has 1 aromatic carbocycles. The molecular formula is C15H26IN3O. The summed E-state index contributed by atoms with van der Waals surface area (Å²) in [7, 11) is 0. The van der Waals surface area contributed by atoms with Crippen LogP contribution in [-0.2, 0) is 0 Å². The summed E-state index contributed by atoms with van der Waals surface area (Å²) in [6, 6.07) is 9.73. The molecule has 1 aromatic rings. The van der Waals surface area contributed by atoms with Gasteiger partial charge >= 0.3 is 0 Å². The molecule has 5 heteroatoms. The van der Waals surface area contributed by atoms with E-state index in [9.17, 15) is 5.11 Å². The normalized spacial score (nSPS) is 12.4. The van der Waals surface area contributed by atoms with Gasteiger partial charge < -0.3 is 15.7 Å². The summed E-state index contributed by atoms with van der Waals surface area (Å²) >= 11 is 0. The number of aliphatic hydroxyl groups excluding tert-OH is 1. The average Bonchev–Trinajstić information content (AvgIpc) is 2.45. The summed E-state index contributed by atoms with van der Waals surface area (Å²) in [6.07, 6.45) is 1.27. The van der Waals surface area contributed by atoms with Crippen molar-refractivity contribution in [2.24, 2.45) is 4.99 Å². The second kappa shape index (κ2) is 12.0. The van der Waals surface area contributed by atoms with Crippen molar-refractivity contribution in [2.75, 3.05) is 19.6 Å². The highest BCUT2D eigenvalue weighted by atomic mass is 127. The molecule has 0 bridgehead atoms. The Kier molecular flexibility index (Phi) is 11.5. The number of hydrogen-bond donors (Lipinski definition) is 3. The van der Waals surface area contributed by atoms with Crippen molar-refractivity contribution >= 4 is 29.9 Å². The number of guanidine groups is 1. The molecule has 0 heterocycles. The van der Waals surface area contributed by atoms with Crippen LogP contribution < -0.4 is 10.6 Å². The molecular weight excluding hydrogens is 365 g/mol. The van der Waals surface area contributed by atoms with Crippen LogP contribution in [0.2, 0.25) is 0 Å². The lowest BCUT2D eigenvalue weighted by Crippen LogP contribution is -2.38. The number of halogens is 1. The van der Waals surface area contributed by atoms with Crippen molar-refractivity contribution in [3.8, 4) is 0 Å². The van der Waals surface area contributed by atoms with Crippen LogP contribution in [0.15, 0.2) is 35.3 Å². The smallest absolute Gasteiger partial charge is 0.191 e. The highest BCUT2D eigenvalue weighted by Gasteiger charge is 2.06. The number of nitrogens with zero attached hydrogens (tertiary/aromatic N) is 1. The molecule has 0 amide bonds. The summed E-state index contributed by atoms with van der Waals surface area (Å²) in [5.41, 5.74) is 0.958. The van der Waals surface area contributed by atoms with Crippen LogP contribution in [0.3, 0.4) is 0 Å². The van der Waals surface area contributed by atoms with Crippen LogP contribution in [0, 0.1) is 0 Å². The Hall–Kier alpha value is -0.820. The summed E-state index contributed by atoms with van der Waals surface area (Å²) in [5.74, 6) is 0.824. The molecule has 20 heavy (non-hydrogen) atoms. The zero-order valence-electron chi connectivity index (χ0n) is 12.3. The summed E-state index contributed by atoms with van der Waals surface area (Å²) < 4.78 is 0. The Labute approximate surface area is 139 Å². The van der Waals surface area contributed by atoms with Gasteiger partial charge in [0.25, 0.3) is 0 Å². The molecule has 0 aliphatic heterocycles. The maximum absolute atomic E-state index is 10.0. The lowest BCUT2D eigenvalue weighted by atomic mass is 10.1. The predicted octanol–water partition coefficient (Wildman–Crippen LogP) is 2.69. The minimum absolute atomic E-state index is 0. The van der Waals surface area contributed by atoms with Crippen molar-refractivity contribution in [2.45, 2.75) is 32.8 Å². The molecule has 0 fully saturated rings. The first-order valence-electron chi connectivity index (χ1n) is 7.03. The number of hydrogen-bond acceptors (Lipinski definition) is 2. The van der Waals surface area contributed by atoms with E-state index >= 15 is 0 Å². The lowest BCUT2D eigenvalue weighted by molar-refractivity contribution is 0.168. The van der Waals surface area contributed by atoms with E-state index < -0.39 is 6.10 Å². The molecule has 1 atom stereocenters. The van der Waals surface area contributed by atoms with Crippen molar-refractivity contribution in [3.63, 3.8) is 0 Å². The first-order valence-corrected chi connectivity index (χ1v) is 7.03. The first-order chi connectivity index (χ1) is 9.27. The molecule has 0 aromatic heterocycles. The first kappa shape index (κ1) is 19.2. The van der Waals surface area contributed by atoms with E-state index in [2.05, 4.69) is 22.5 Å². The summed E-state index contributed by atoms with van der Waals surface area (Å²) in [6.45, 7) is 6.51. The molecule has 1 rings (SSSR count). The fraction of sp³-hybridized carbons (Fsp3) is 0.533. The Bertz CT molecular complexity index is 371. The van der Waals surface area contributed by atoms with E-state index in [0.717, 1.165) is 31.0 Å². The van der Waals surface area contributed by atoms with Crippen molar-refractivity contribution in [1.29, 1.82) is 0 Å². The Morgan fingerprint density at radius 1 is 1.20 bits per heavy atom. The van der Waals surface area contributed by atoms with Crippen LogP contribution in [0.5, 0.6) is 0 Å². The molecule has 0 saturated carbocycles. The molecule has 3 N–H and O–H groups in total. The Morgan fingerprint density at radius 2 is 1.90 bits per heavy atom. The maximum atomic E-state index is 10.0. The molecule has 4 nitrogen and oxygen atoms in total. The number of rotatable bonds is 7. The van der Waals surface area contributed by atoms with Gasteiger partial charge in [0.15, 0.2) is 5.96 Å². The van der Waals surface area contributed by atoms with Gasteiger partial charge in [0.1, 0.15) is 0 Å². The fourth-order valence-corrected chi connectivity index (χ4v) is 1.73.